The van der Waals surface area contributed by atoms with E-state index in [1.165, 1.54) is 5.56 Å². The third kappa shape index (κ3) is 3.85. The van der Waals surface area contributed by atoms with E-state index in [0.29, 0.717) is 6.54 Å². The Hall–Kier alpha value is -3.12. The molecule has 0 saturated carbocycles. The summed E-state index contributed by atoms with van der Waals surface area (Å²) in [6.45, 7) is 0.588. The van der Waals surface area contributed by atoms with Gasteiger partial charge >= 0.3 is 5.97 Å². The van der Waals surface area contributed by atoms with Crippen LogP contribution in [0.15, 0.2) is 78.1 Å². The lowest BCUT2D eigenvalue weighted by Crippen LogP contribution is -2.03. The average Bonchev–Trinajstić information content (AvgIpc) is 3.05. The topological polar surface area (TPSA) is 68.0 Å². The van der Waals surface area contributed by atoms with E-state index >= 15 is 0 Å². The molecule has 0 bridgehead atoms. The number of pyridine rings is 1. The molecule has 27 heavy (non-hydrogen) atoms. The number of aromatic nitrogens is 3. The van der Waals surface area contributed by atoms with E-state index in [2.05, 4.69) is 21.7 Å². The number of aromatic carboxylic acids is 1. The van der Waals surface area contributed by atoms with E-state index in [4.69, 9.17) is 10.1 Å². The molecule has 0 saturated heterocycles. The molecule has 0 atom stereocenters. The van der Waals surface area contributed by atoms with Gasteiger partial charge in [-0.25, -0.2) is 14.8 Å². The van der Waals surface area contributed by atoms with Crippen LogP contribution < -0.4 is 0 Å². The zero-order valence-corrected chi connectivity index (χ0v) is 15.3. The van der Waals surface area contributed by atoms with Crippen molar-refractivity contribution in [1.82, 2.24) is 14.5 Å². The van der Waals surface area contributed by atoms with Crippen LogP contribution in [0.25, 0.3) is 11.2 Å². The summed E-state index contributed by atoms with van der Waals surface area (Å²) in [6.07, 6.45) is 1.76. The second kappa shape index (κ2) is 7.63. The van der Waals surface area contributed by atoms with Gasteiger partial charge in [-0.3, -0.25) is 4.57 Å². The fourth-order valence-electron chi connectivity index (χ4n) is 2.85. The zero-order valence-electron chi connectivity index (χ0n) is 14.4. The molecule has 0 aliphatic carbocycles. The van der Waals surface area contributed by atoms with Crippen LogP contribution in [0.4, 0.5) is 0 Å². The van der Waals surface area contributed by atoms with E-state index < -0.39 is 5.97 Å². The molecule has 0 fully saturated rings. The molecular formula is C21H17N3O2S. The second-order valence-electron chi connectivity index (χ2n) is 6.10. The van der Waals surface area contributed by atoms with Gasteiger partial charge in [0.25, 0.3) is 0 Å². The molecule has 0 unspecified atom stereocenters. The van der Waals surface area contributed by atoms with Crippen LogP contribution >= 0.6 is 11.8 Å². The molecule has 0 aliphatic rings. The fraction of sp³-hybridized carbons (Fsp3) is 0.0952. The molecular weight excluding hydrogens is 358 g/mol. The highest BCUT2D eigenvalue weighted by atomic mass is 32.2. The van der Waals surface area contributed by atoms with Crippen molar-refractivity contribution in [3.63, 3.8) is 0 Å². The molecule has 0 aliphatic heterocycles. The summed E-state index contributed by atoms with van der Waals surface area (Å²) >= 11 is 1.67. The lowest BCUT2D eigenvalue weighted by atomic mass is 10.1. The van der Waals surface area contributed by atoms with Crippen molar-refractivity contribution in [1.29, 1.82) is 0 Å². The SMILES string of the molecule is O=C(O)c1ccc(Cn2c(SCc3ccccc3)nc3cccnc32)cc1. The number of benzene rings is 2. The Balaban J connectivity index is 1.64. The van der Waals surface area contributed by atoms with Gasteiger partial charge < -0.3 is 5.11 Å². The maximum absolute atomic E-state index is 11.0. The molecule has 5 nitrogen and oxygen atoms in total. The van der Waals surface area contributed by atoms with Gasteiger partial charge in [-0.05, 0) is 35.4 Å². The molecule has 2 heterocycles. The Morgan fingerprint density at radius 3 is 2.48 bits per heavy atom. The Morgan fingerprint density at radius 1 is 0.963 bits per heavy atom. The maximum atomic E-state index is 11.0. The van der Waals surface area contributed by atoms with Crippen LogP contribution in [0.2, 0.25) is 0 Å². The lowest BCUT2D eigenvalue weighted by molar-refractivity contribution is 0.0697. The van der Waals surface area contributed by atoms with Gasteiger partial charge in [0, 0.05) is 11.9 Å². The standard InChI is InChI=1S/C21H17N3O2S/c25-20(26)17-10-8-15(9-11-17)13-24-19-18(7-4-12-22-19)23-21(24)27-14-16-5-2-1-3-6-16/h1-12H,13-14H2,(H,25,26). The molecule has 0 amide bonds. The van der Waals surface area contributed by atoms with Crippen LogP contribution in [0.5, 0.6) is 0 Å². The first kappa shape index (κ1) is 17.3. The van der Waals surface area contributed by atoms with Crippen molar-refractivity contribution < 1.29 is 9.90 Å². The first-order chi connectivity index (χ1) is 13.2. The van der Waals surface area contributed by atoms with Crippen LogP contribution in [-0.4, -0.2) is 25.6 Å². The number of rotatable bonds is 6. The normalized spacial score (nSPS) is 11.0. The third-order valence-electron chi connectivity index (χ3n) is 4.22. The number of imidazole rings is 1. The van der Waals surface area contributed by atoms with Crippen molar-refractivity contribution in [2.24, 2.45) is 0 Å². The number of nitrogens with zero attached hydrogens (tertiary/aromatic N) is 3. The monoisotopic (exact) mass is 375 g/mol. The Labute approximate surface area is 160 Å². The van der Waals surface area contributed by atoms with Crippen molar-refractivity contribution in [3.8, 4) is 0 Å². The minimum absolute atomic E-state index is 0.283. The molecule has 134 valence electrons. The highest BCUT2D eigenvalue weighted by molar-refractivity contribution is 7.98. The maximum Gasteiger partial charge on any atom is 0.335 e. The Morgan fingerprint density at radius 2 is 1.74 bits per heavy atom. The number of carbonyl (C=O) groups is 1. The fourth-order valence-corrected chi connectivity index (χ4v) is 3.81. The van der Waals surface area contributed by atoms with E-state index in [9.17, 15) is 4.79 Å². The summed E-state index contributed by atoms with van der Waals surface area (Å²) in [5.74, 6) is -0.0994. The number of hydrogen-bond donors (Lipinski definition) is 1. The number of thioether (sulfide) groups is 1. The van der Waals surface area contributed by atoms with Crippen molar-refractivity contribution in [2.45, 2.75) is 17.5 Å². The van der Waals surface area contributed by atoms with E-state index in [1.807, 2.05) is 42.5 Å². The highest BCUT2D eigenvalue weighted by Gasteiger charge is 2.13. The number of carboxylic acid groups (broad SMARTS) is 1. The smallest absolute Gasteiger partial charge is 0.335 e. The molecule has 1 N–H and O–H groups in total. The molecule has 4 aromatic rings. The van der Waals surface area contributed by atoms with Crippen LogP contribution in [-0.2, 0) is 12.3 Å². The quantitative estimate of drug-likeness (QED) is 0.504. The third-order valence-corrected chi connectivity index (χ3v) is 5.27. The van der Waals surface area contributed by atoms with Gasteiger partial charge in [0.2, 0.25) is 0 Å². The Bertz CT molecular complexity index is 1080. The first-order valence-electron chi connectivity index (χ1n) is 8.51. The van der Waals surface area contributed by atoms with Crippen molar-refractivity contribution in [3.05, 3.63) is 89.6 Å². The molecule has 4 rings (SSSR count). The van der Waals surface area contributed by atoms with E-state index in [-0.39, 0.29) is 5.56 Å². The molecule has 0 radical (unpaired) electrons. The van der Waals surface area contributed by atoms with Gasteiger partial charge in [-0.2, -0.15) is 0 Å². The van der Waals surface area contributed by atoms with Gasteiger partial charge in [0.05, 0.1) is 12.1 Å². The summed E-state index contributed by atoms with van der Waals surface area (Å²) < 4.78 is 2.08. The van der Waals surface area contributed by atoms with E-state index in [1.54, 1.807) is 30.1 Å². The van der Waals surface area contributed by atoms with Crippen molar-refractivity contribution >= 4 is 28.9 Å². The molecule has 2 aromatic carbocycles. The highest BCUT2D eigenvalue weighted by Crippen LogP contribution is 2.26. The predicted octanol–water partition coefficient (Wildman–Crippen LogP) is 4.47. The van der Waals surface area contributed by atoms with Crippen LogP contribution in [0.3, 0.4) is 0 Å². The predicted molar refractivity (Wildman–Crippen MR) is 106 cm³/mol. The average molecular weight is 375 g/mol. The first-order valence-corrected chi connectivity index (χ1v) is 9.49. The van der Waals surface area contributed by atoms with Crippen LogP contribution in [0, 0.1) is 0 Å². The number of fused-ring (bicyclic) bond motifs is 1. The van der Waals surface area contributed by atoms with Gasteiger partial charge in [0.1, 0.15) is 5.52 Å². The molecule has 0 spiro atoms. The minimum atomic E-state index is -0.921. The van der Waals surface area contributed by atoms with Gasteiger partial charge in [-0.15, -0.1) is 0 Å². The summed E-state index contributed by atoms with van der Waals surface area (Å²) in [7, 11) is 0. The van der Waals surface area contributed by atoms with Crippen LogP contribution in [0.1, 0.15) is 21.5 Å². The molecule has 2 aromatic heterocycles. The Kier molecular flexibility index (Phi) is 4.89. The summed E-state index contributed by atoms with van der Waals surface area (Å²) in [4.78, 5) is 20.3. The van der Waals surface area contributed by atoms with Gasteiger partial charge in [0.15, 0.2) is 10.8 Å². The van der Waals surface area contributed by atoms with Crippen molar-refractivity contribution in [2.75, 3.05) is 0 Å². The van der Waals surface area contributed by atoms with Gasteiger partial charge in [-0.1, -0.05) is 54.2 Å². The second-order valence-corrected chi connectivity index (χ2v) is 7.05. The lowest BCUT2D eigenvalue weighted by Gasteiger charge is -2.09. The largest absolute Gasteiger partial charge is 0.478 e. The summed E-state index contributed by atoms with van der Waals surface area (Å²) in [6, 6.07) is 21.0. The summed E-state index contributed by atoms with van der Waals surface area (Å²) in [5.41, 5.74) is 4.21. The number of carboxylic acids is 1. The molecule has 6 heteroatoms. The zero-order chi connectivity index (χ0) is 18.6. The minimum Gasteiger partial charge on any atom is -0.478 e. The summed E-state index contributed by atoms with van der Waals surface area (Å²) in [5, 5.41) is 9.97. The number of hydrogen-bond acceptors (Lipinski definition) is 4. The van der Waals surface area contributed by atoms with E-state index in [0.717, 1.165) is 27.6 Å².